The number of hydrogen-bond donors (Lipinski definition) is 5. The van der Waals surface area contributed by atoms with E-state index in [1.807, 2.05) is 24.5 Å². The first-order valence-corrected chi connectivity index (χ1v) is 11.7. The number of aliphatic hydroxyl groups excluding tert-OH is 2. The van der Waals surface area contributed by atoms with Crippen molar-refractivity contribution >= 4 is 44.9 Å². The number of aliphatic hydroxyl groups is 2. The lowest BCUT2D eigenvalue weighted by Gasteiger charge is -2.11. The van der Waals surface area contributed by atoms with Gasteiger partial charge in [-0.2, -0.15) is 4.98 Å². The van der Waals surface area contributed by atoms with Gasteiger partial charge in [0.2, 0.25) is 5.95 Å². The van der Waals surface area contributed by atoms with Crippen molar-refractivity contribution in [3.63, 3.8) is 0 Å². The maximum atomic E-state index is 11.5. The molecule has 0 spiro atoms. The molecule has 0 unspecified atom stereocenters. The second kappa shape index (κ2) is 10.7. The molecule has 0 saturated carbocycles. The molecule has 7 N–H and O–H groups in total. The lowest BCUT2D eigenvalue weighted by atomic mass is 10.1. The van der Waals surface area contributed by atoms with Crippen molar-refractivity contribution in [1.29, 1.82) is 0 Å². The Hall–Kier alpha value is -4.03. The number of nitrogen functional groups attached to an aromatic ring is 2. The number of nitrogens with two attached hydrogens (primary N) is 2. The molecule has 5 aromatic rings. The minimum absolute atomic E-state index is 0.0371. The van der Waals surface area contributed by atoms with Crippen molar-refractivity contribution in [3.8, 4) is 0 Å². The molecule has 12 heteroatoms. The van der Waals surface area contributed by atoms with Gasteiger partial charge in [-0.05, 0) is 18.4 Å². The number of fused-ring (bicyclic) bond motifs is 4. The zero-order valence-corrected chi connectivity index (χ0v) is 20.3. The first-order chi connectivity index (χ1) is 17.3. The van der Waals surface area contributed by atoms with Crippen molar-refractivity contribution in [2.75, 3.05) is 24.7 Å². The molecule has 0 atom stereocenters. The van der Waals surface area contributed by atoms with Crippen molar-refractivity contribution in [1.82, 2.24) is 34.1 Å². The molecule has 0 aliphatic carbocycles. The fourth-order valence-corrected chi connectivity index (χ4v) is 4.05. The van der Waals surface area contributed by atoms with E-state index in [9.17, 15) is 4.79 Å². The lowest BCUT2D eigenvalue weighted by Crippen LogP contribution is -2.15. The number of nitrogens with zero attached hydrogens (tertiary/aromatic N) is 6. The van der Waals surface area contributed by atoms with Gasteiger partial charge in [0.15, 0.2) is 11.3 Å². The monoisotopic (exact) mass is 493 g/mol. The lowest BCUT2D eigenvalue weighted by molar-refractivity contribution is 0.140. The van der Waals surface area contributed by atoms with Crippen LogP contribution in [0.3, 0.4) is 0 Å². The van der Waals surface area contributed by atoms with Crippen molar-refractivity contribution in [2.45, 2.75) is 33.4 Å². The van der Waals surface area contributed by atoms with Gasteiger partial charge in [0, 0.05) is 37.6 Å². The van der Waals surface area contributed by atoms with E-state index in [4.69, 9.17) is 21.7 Å². The molecule has 0 saturated heterocycles. The zero-order chi connectivity index (χ0) is 25.8. The Kier molecular flexibility index (Phi) is 7.46. The van der Waals surface area contributed by atoms with E-state index >= 15 is 0 Å². The number of aromatic amines is 1. The molecular weight excluding hydrogens is 462 g/mol. The quantitative estimate of drug-likeness (QED) is 0.224. The fourth-order valence-electron chi connectivity index (χ4n) is 4.05. The molecular formula is C24H31N9O3. The second-order valence-corrected chi connectivity index (χ2v) is 9.08. The van der Waals surface area contributed by atoms with Gasteiger partial charge in [-0.25, -0.2) is 15.0 Å². The third kappa shape index (κ3) is 5.14. The molecule has 0 fully saturated rings. The normalized spacial score (nSPS) is 11.6. The van der Waals surface area contributed by atoms with Gasteiger partial charge in [-0.3, -0.25) is 4.79 Å². The van der Waals surface area contributed by atoms with Gasteiger partial charge < -0.3 is 35.8 Å². The van der Waals surface area contributed by atoms with Crippen LogP contribution >= 0.6 is 0 Å². The van der Waals surface area contributed by atoms with Crippen LogP contribution in [0.15, 0.2) is 41.7 Å². The number of rotatable bonds is 7. The highest BCUT2D eigenvalue weighted by Crippen LogP contribution is 2.27. The van der Waals surface area contributed by atoms with Crippen LogP contribution in [0.25, 0.3) is 33.1 Å². The predicted octanol–water partition coefficient (Wildman–Crippen LogP) is 1.52. The molecule has 190 valence electrons. The molecule has 0 aliphatic rings. The van der Waals surface area contributed by atoms with Crippen LogP contribution in [-0.4, -0.2) is 57.5 Å². The molecule has 0 bridgehead atoms. The zero-order valence-electron chi connectivity index (χ0n) is 20.3. The summed E-state index contributed by atoms with van der Waals surface area (Å²) in [5.74, 6) is 0.922. The molecule has 0 radical (unpaired) electrons. The third-order valence-corrected chi connectivity index (χ3v) is 5.85. The average Bonchev–Trinajstić information content (AvgIpc) is 3.45. The van der Waals surface area contributed by atoms with E-state index in [1.54, 1.807) is 4.57 Å². The topological polar surface area (TPSA) is 187 Å². The van der Waals surface area contributed by atoms with Crippen LogP contribution in [0.2, 0.25) is 0 Å². The van der Waals surface area contributed by atoms with Gasteiger partial charge in [-0.15, -0.1) is 0 Å². The predicted molar refractivity (Wildman–Crippen MR) is 139 cm³/mol. The highest BCUT2D eigenvalue weighted by Gasteiger charge is 2.13. The van der Waals surface area contributed by atoms with Crippen molar-refractivity contribution in [3.05, 3.63) is 47.3 Å². The van der Waals surface area contributed by atoms with E-state index in [0.29, 0.717) is 30.3 Å². The maximum Gasteiger partial charge on any atom is 0.302 e. The number of benzene rings is 1. The Morgan fingerprint density at radius 2 is 1.69 bits per heavy atom. The van der Waals surface area contributed by atoms with E-state index in [-0.39, 0.29) is 30.6 Å². The summed E-state index contributed by atoms with van der Waals surface area (Å²) in [6, 6.07) is 8.05. The van der Waals surface area contributed by atoms with E-state index in [0.717, 1.165) is 28.5 Å². The minimum Gasteiger partial charge on any atom is -0.396 e. The maximum absolute atomic E-state index is 11.5. The number of H-pyrrole nitrogens is 1. The fraction of sp³-hybridized carbons (Fsp3) is 0.375. The number of aromatic nitrogens is 7. The van der Waals surface area contributed by atoms with E-state index in [2.05, 4.69) is 49.4 Å². The summed E-state index contributed by atoms with van der Waals surface area (Å²) >= 11 is 0. The van der Waals surface area contributed by atoms with Crippen LogP contribution in [0.1, 0.15) is 20.3 Å². The van der Waals surface area contributed by atoms with Gasteiger partial charge in [0.05, 0.1) is 23.7 Å². The Morgan fingerprint density at radius 3 is 2.42 bits per heavy atom. The molecule has 4 heterocycles. The van der Waals surface area contributed by atoms with Gasteiger partial charge in [0.25, 0.3) is 0 Å². The number of aryl methyl sites for hydroxylation is 1. The molecule has 36 heavy (non-hydrogen) atoms. The number of imidazole rings is 2. The summed E-state index contributed by atoms with van der Waals surface area (Å²) in [6.45, 7) is 5.68. The second-order valence-electron chi connectivity index (χ2n) is 9.08. The summed E-state index contributed by atoms with van der Waals surface area (Å²) < 4.78 is 3.88. The Balaban J connectivity index is 0.000000169. The highest BCUT2D eigenvalue weighted by atomic mass is 16.3. The third-order valence-electron chi connectivity index (χ3n) is 5.85. The molecule has 0 amide bonds. The largest absolute Gasteiger partial charge is 0.396 e. The van der Waals surface area contributed by atoms with Crippen molar-refractivity contribution < 1.29 is 10.2 Å². The Morgan fingerprint density at radius 1 is 1.00 bits per heavy atom. The van der Waals surface area contributed by atoms with Crippen LogP contribution in [0.4, 0.5) is 11.8 Å². The molecule has 12 nitrogen and oxygen atoms in total. The van der Waals surface area contributed by atoms with Crippen LogP contribution in [-0.2, 0) is 13.1 Å². The Labute approximate surface area is 206 Å². The smallest absolute Gasteiger partial charge is 0.302 e. The first-order valence-electron chi connectivity index (χ1n) is 11.7. The highest BCUT2D eigenvalue weighted by molar-refractivity contribution is 6.06. The summed E-state index contributed by atoms with van der Waals surface area (Å²) in [6.07, 6.45) is 3.94. The van der Waals surface area contributed by atoms with Crippen molar-refractivity contribution in [2.24, 2.45) is 11.8 Å². The first kappa shape index (κ1) is 25.1. The van der Waals surface area contributed by atoms with E-state index < -0.39 is 5.56 Å². The summed E-state index contributed by atoms with van der Waals surface area (Å²) in [4.78, 5) is 30.6. The van der Waals surface area contributed by atoms with Gasteiger partial charge in [0.1, 0.15) is 11.2 Å². The summed E-state index contributed by atoms with van der Waals surface area (Å²) in [7, 11) is 0. The van der Waals surface area contributed by atoms with E-state index in [1.165, 1.54) is 6.33 Å². The summed E-state index contributed by atoms with van der Waals surface area (Å²) in [5.41, 5.74) is 14.5. The number of para-hydroxylation sites is 1. The molecule has 1 aromatic carbocycles. The molecule has 4 aromatic heterocycles. The van der Waals surface area contributed by atoms with Gasteiger partial charge >= 0.3 is 5.56 Å². The SMILES string of the molecule is CC(C)Cn1cnc2c(N)nc3ccccc3c21.Nc1nc(=O)c2ncn(CCC(CO)CO)c2[nH]1. The Bertz CT molecular complexity index is 1530. The minimum atomic E-state index is -0.471. The van der Waals surface area contributed by atoms with Crippen LogP contribution < -0.4 is 17.0 Å². The standard InChI is InChI=1S/C14H16N4.C10H15N5O3/c1-9(2)7-18-8-16-12-13(18)10-5-3-4-6-11(10)17-14(12)15;11-10-13-8-7(9(18)14-10)12-5-15(8)2-1-6(3-16)4-17/h3-6,8-9H,7H2,1-2H3,(H2,15,17);5-6,16-17H,1-4H2,(H3,11,13,14,18). The van der Waals surface area contributed by atoms with Crippen LogP contribution in [0.5, 0.6) is 0 Å². The van der Waals surface area contributed by atoms with Gasteiger partial charge in [-0.1, -0.05) is 32.0 Å². The van der Waals surface area contributed by atoms with Crippen LogP contribution in [0, 0.1) is 11.8 Å². The number of anilines is 2. The average molecular weight is 494 g/mol. The molecule has 5 rings (SSSR count). The molecule has 0 aliphatic heterocycles. The summed E-state index contributed by atoms with van der Waals surface area (Å²) in [5, 5.41) is 19.1. The number of hydrogen-bond acceptors (Lipinski definition) is 9. The number of pyridine rings is 1. The number of nitrogens with one attached hydrogen (secondary N) is 1.